The van der Waals surface area contributed by atoms with Crippen molar-refractivity contribution in [2.24, 2.45) is 0 Å². The molecule has 0 aliphatic rings. The van der Waals surface area contributed by atoms with E-state index in [4.69, 9.17) is 10.8 Å². The van der Waals surface area contributed by atoms with Crippen molar-refractivity contribution in [2.45, 2.75) is 13.0 Å². The molecule has 0 aromatic heterocycles. The lowest BCUT2D eigenvalue weighted by molar-refractivity contribution is -0.138. The van der Waals surface area contributed by atoms with Crippen LogP contribution in [-0.2, 0) is 4.79 Å². The van der Waals surface area contributed by atoms with Crippen LogP contribution in [0.3, 0.4) is 0 Å². The van der Waals surface area contributed by atoms with E-state index in [9.17, 15) is 4.79 Å². The summed E-state index contributed by atoms with van der Waals surface area (Å²) in [7, 11) is 0. The molecule has 0 amide bonds. The van der Waals surface area contributed by atoms with Crippen LogP contribution in [-0.4, -0.2) is 17.1 Å². The summed E-state index contributed by atoms with van der Waals surface area (Å²) in [5.74, 6) is -1.07. The molecule has 3 heteroatoms. The van der Waals surface area contributed by atoms with E-state index in [-0.39, 0.29) is 0 Å². The SMILES string of the molecule is C[C@H]([NH])C(=O)O. The van der Waals surface area contributed by atoms with Gasteiger partial charge in [-0.05, 0) is 6.92 Å². The normalized spacial score (nSPS) is 13.7. The molecule has 35 valence electrons. The van der Waals surface area contributed by atoms with Gasteiger partial charge in [0.15, 0.2) is 0 Å². The van der Waals surface area contributed by atoms with Crippen molar-refractivity contribution in [3.63, 3.8) is 0 Å². The maximum atomic E-state index is 9.51. The first-order valence-corrected chi connectivity index (χ1v) is 1.58. The Morgan fingerprint density at radius 3 is 2.17 bits per heavy atom. The Morgan fingerprint density at radius 1 is 2.00 bits per heavy atom. The maximum Gasteiger partial charge on any atom is 0.321 e. The fourth-order valence-corrected chi connectivity index (χ4v) is 0. The molecule has 0 fully saturated rings. The van der Waals surface area contributed by atoms with Gasteiger partial charge in [-0.2, -0.15) is 0 Å². The molecule has 1 atom stereocenters. The van der Waals surface area contributed by atoms with Crippen LogP contribution in [0.15, 0.2) is 0 Å². The molecule has 0 rings (SSSR count). The lowest BCUT2D eigenvalue weighted by atomic mass is 10.4. The summed E-state index contributed by atoms with van der Waals surface area (Å²) >= 11 is 0. The van der Waals surface area contributed by atoms with E-state index >= 15 is 0 Å². The summed E-state index contributed by atoms with van der Waals surface area (Å²) < 4.78 is 0. The van der Waals surface area contributed by atoms with Gasteiger partial charge in [-0.1, -0.05) is 0 Å². The molecule has 0 saturated heterocycles. The van der Waals surface area contributed by atoms with E-state index < -0.39 is 12.0 Å². The van der Waals surface area contributed by atoms with E-state index in [0.29, 0.717) is 0 Å². The fraction of sp³-hybridized carbons (Fsp3) is 0.667. The molecular weight excluding hydrogens is 82.0 g/mol. The molecule has 3 nitrogen and oxygen atoms in total. The van der Waals surface area contributed by atoms with Gasteiger partial charge in [0, 0.05) is 0 Å². The van der Waals surface area contributed by atoms with E-state index in [2.05, 4.69) is 0 Å². The second-order valence-electron chi connectivity index (χ2n) is 1.06. The first-order valence-electron chi connectivity index (χ1n) is 1.58. The van der Waals surface area contributed by atoms with Gasteiger partial charge >= 0.3 is 5.97 Å². The van der Waals surface area contributed by atoms with Crippen molar-refractivity contribution >= 4 is 5.97 Å². The molecule has 0 unspecified atom stereocenters. The van der Waals surface area contributed by atoms with E-state index in [1.807, 2.05) is 0 Å². The number of carboxylic acid groups (broad SMARTS) is 1. The summed E-state index contributed by atoms with van der Waals surface area (Å²) in [6.45, 7) is 1.31. The number of rotatable bonds is 1. The molecule has 2 N–H and O–H groups in total. The molecule has 0 heterocycles. The van der Waals surface area contributed by atoms with Crippen molar-refractivity contribution in [1.82, 2.24) is 5.73 Å². The Hall–Kier alpha value is -0.570. The van der Waals surface area contributed by atoms with E-state index in [0.717, 1.165) is 0 Å². The van der Waals surface area contributed by atoms with E-state index in [1.54, 1.807) is 0 Å². The van der Waals surface area contributed by atoms with Crippen molar-refractivity contribution < 1.29 is 9.90 Å². The van der Waals surface area contributed by atoms with Crippen LogP contribution in [0.5, 0.6) is 0 Å². The van der Waals surface area contributed by atoms with Crippen molar-refractivity contribution in [3.05, 3.63) is 0 Å². The highest BCUT2D eigenvalue weighted by atomic mass is 16.4. The molecule has 0 saturated carbocycles. The minimum atomic E-state index is -1.07. The Morgan fingerprint density at radius 2 is 2.17 bits per heavy atom. The predicted molar refractivity (Wildman–Crippen MR) is 20.2 cm³/mol. The average Bonchev–Trinajstić information content (AvgIpc) is 1.36. The summed E-state index contributed by atoms with van der Waals surface area (Å²) in [6.07, 6.45) is 0. The number of hydrogen-bond acceptors (Lipinski definition) is 1. The van der Waals surface area contributed by atoms with Crippen molar-refractivity contribution in [2.75, 3.05) is 0 Å². The summed E-state index contributed by atoms with van der Waals surface area (Å²) in [5, 5.41) is 7.80. The maximum absolute atomic E-state index is 9.51. The van der Waals surface area contributed by atoms with Gasteiger partial charge < -0.3 is 5.11 Å². The van der Waals surface area contributed by atoms with Crippen LogP contribution in [0.2, 0.25) is 0 Å². The Kier molecular flexibility index (Phi) is 1.60. The number of nitrogens with one attached hydrogen (secondary N) is 1. The van der Waals surface area contributed by atoms with Crippen LogP contribution in [0.25, 0.3) is 0 Å². The standard InChI is InChI=1S/C3H6NO2/c1-2(4)3(5)6/h2,4H,1H3,(H,5,6)/t2-/m0/s1. The van der Waals surface area contributed by atoms with Crippen LogP contribution in [0.4, 0.5) is 0 Å². The zero-order chi connectivity index (χ0) is 5.15. The molecule has 0 aromatic rings. The Balaban J connectivity index is 3.26. The van der Waals surface area contributed by atoms with Crippen LogP contribution >= 0.6 is 0 Å². The first-order chi connectivity index (χ1) is 2.64. The first kappa shape index (κ1) is 5.43. The highest BCUT2D eigenvalue weighted by molar-refractivity contribution is 5.72. The summed E-state index contributed by atoms with van der Waals surface area (Å²) in [6, 6.07) is -0.981. The highest BCUT2D eigenvalue weighted by Crippen LogP contribution is 1.71. The number of hydrogen-bond donors (Lipinski definition) is 1. The van der Waals surface area contributed by atoms with Gasteiger partial charge in [0.05, 0.1) is 0 Å². The third-order valence-corrected chi connectivity index (χ3v) is 0.370. The highest BCUT2D eigenvalue weighted by Gasteiger charge is 2.00. The number of carbonyl (C=O) groups is 1. The van der Waals surface area contributed by atoms with E-state index in [1.165, 1.54) is 6.92 Å². The lowest BCUT2D eigenvalue weighted by Gasteiger charge is -1.88. The van der Waals surface area contributed by atoms with Crippen LogP contribution in [0, 0.1) is 0 Å². The third-order valence-electron chi connectivity index (χ3n) is 0.370. The predicted octanol–water partition coefficient (Wildman–Crippen LogP) is -0.258. The van der Waals surface area contributed by atoms with Gasteiger partial charge in [-0.25, -0.2) is 5.73 Å². The molecule has 0 aliphatic heterocycles. The van der Waals surface area contributed by atoms with Crippen LogP contribution < -0.4 is 5.73 Å². The topological polar surface area (TPSA) is 61.1 Å². The molecule has 1 radical (unpaired) electrons. The summed E-state index contributed by atoms with van der Waals surface area (Å²) in [4.78, 5) is 9.51. The second-order valence-corrected chi connectivity index (χ2v) is 1.06. The zero-order valence-electron chi connectivity index (χ0n) is 3.43. The number of carboxylic acids is 1. The second kappa shape index (κ2) is 1.77. The quantitative estimate of drug-likeness (QED) is 0.480. The van der Waals surface area contributed by atoms with Crippen molar-refractivity contribution in [1.29, 1.82) is 0 Å². The molecule has 0 spiro atoms. The minimum absolute atomic E-state index is 0.981. The molecule has 0 aliphatic carbocycles. The Labute approximate surface area is 35.8 Å². The summed E-state index contributed by atoms with van der Waals surface area (Å²) in [5.41, 5.74) is 6.43. The Bertz CT molecular complexity index is 59.8. The minimum Gasteiger partial charge on any atom is -0.480 e. The third kappa shape index (κ3) is 1.72. The lowest BCUT2D eigenvalue weighted by Crippen LogP contribution is -2.15. The molecule has 0 aromatic carbocycles. The van der Waals surface area contributed by atoms with Gasteiger partial charge in [0.2, 0.25) is 0 Å². The number of aliphatic carboxylic acids is 1. The average molecular weight is 88.1 g/mol. The zero-order valence-corrected chi connectivity index (χ0v) is 3.43. The molecule has 0 bridgehead atoms. The van der Waals surface area contributed by atoms with Gasteiger partial charge in [0.25, 0.3) is 0 Å². The molecular formula is C3H6NO2. The largest absolute Gasteiger partial charge is 0.480 e. The van der Waals surface area contributed by atoms with Gasteiger partial charge in [-0.15, -0.1) is 0 Å². The smallest absolute Gasteiger partial charge is 0.321 e. The van der Waals surface area contributed by atoms with Crippen LogP contribution in [0.1, 0.15) is 6.92 Å². The van der Waals surface area contributed by atoms with Crippen molar-refractivity contribution in [3.8, 4) is 0 Å². The van der Waals surface area contributed by atoms with Gasteiger partial charge in [0.1, 0.15) is 6.04 Å². The molecule has 6 heavy (non-hydrogen) atoms. The monoisotopic (exact) mass is 88.0 g/mol. The fourth-order valence-electron chi connectivity index (χ4n) is 0. The van der Waals surface area contributed by atoms with Gasteiger partial charge in [-0.3, -0.25) is 4.79 Å².